The summed E-state index contributed by atoms with van der Waals surface area (Å²) in [4.78, 5) is 35.4. The summed E-state index contributed by atoms with van der Waals surface area (Å²) in [6.07, 6.45) is 0.0451. The number of urea groups is 1. The third-order valence-corrected chi connectivity index (χ3v) is 2.87. The van der Waals surface area contributed by atoms with E-state index in [0.717, 1.165) is 0 Å². The van der Waals surface area contributed by atoms with Crippen LogP contribution in [0.5, 0.6) is 0 Å². The number of benzene rings is 1. The lowest BCUT2D eigenvalue weighted by molar-refractivity contribution is -0.141. The van der Waals surface area contributed by atoms with Crippen LogP contribution in [0.3, 0.4) is 0 Å². The van der Waals surface area contributed by atoms with Gasteiger partial charge in [-0.2, -0.15) is 0 Å². The molecule has 1 rings (SSSR count). The number of carbonyl (C=O) groups excluding carboxylic acids is 2. The Bertz CT molecular complexity index is 503. The maximum absolute atomic E-state index is 11.9. The Hall–Kier alpha value is -2.57. The van der Waals surface area contributed by atoms with Crippen LogP contribution in [-0.2, 0) is 14.3 Å². The molecule has 0 aliphatic rings. The molecule has 7 nitrogen and oxygen atoms in total. The van der Waals surface area contributed by atoms with Crippen molar-refractivity contribution in [1.82, 2.24) is 10.2 Å². The van der Waals surface area contributed by atoms with Crippen molar-refractivity contribution in [3.8, 4) is 0 Å². The topological polar surface area (TPSA) is 95.9 Å². The van der Waals surface area contributed by atoms with Gasteiger partial charge >= 0.3 is 18.0 Å². The molecule has 2 amide bonds. The van der Waals surface area contributed by atoms with E-state index in [0.29, 0.717) is 5.56 Å². The number of esters is 1. The number of aliphatic carboxylic acids is 1. The van der Waals surface area contributed by atoms with E-state index in [9.17, 15) is 19.5 Å². The highest BCUT2D eigenvalue weighted by atomic mass is 16.5. The molecule has 0 fully saturated rings. The summed E-state index contributed by atoms with van der Waals surface area (Å²) < 4.78 is 4.48. The number of carboxylic acid groups (broad SMARTS) is 1. The number of methoxy groups -OCH3 is 1. The van der Waals surface area contributed by atoms with Gasteiger partial charge in [0.25, 0.3) is 0 Å². The number of hydrogen-bond acceptors (Lipinski definition) is 4. The van der Waals surface area contributed by atoms with Crippen molar-refractivity contribution in [2.75, 3.05) is 20.7 Å². The van der Waals surface area contributed by atoms with Gasteiger partial charge in [0.1, 0.15) is 0 Å². The van der Waals surface area contributed by atoms with Crippen molar-refractivity contribution in [3.63, 3.8) is 0 Å². The zero-order valence-electron chi connectivity index (χ0n) is 11.9. The van der Waals surface area contributed by atoms with Crippen LogP contribution >= 0.6 is 0 Å². The van der Waals surface area contributed by atoms with Crippen LogP contribution in [0.4, 0.5) is 4.79 Å². The van der Waals surface area contributed by atoms with Crippen LogP contribution < -0.4 is 5.32 Å². The first-order chi connectivity index (χ1) is 9.95. The van der Waals surface area contributed by atoms with Crippen LogP contribution in [0.1, 0.15) is 18.0 Å². The fourth-order valence-corrected chi connectivity index (χ4v) is 1.63. The summed E-state index contributed by atoms with van der Waals surface area (Å²) in [5.41, 5.74) is 0.472. The van der Waals surface area contributed by atoms with E-state index in [1.54, 1.807) is 30.3 Å². The molecule has 0 radical (unpaired) electrons. The molecule has 0 heterocycles. The monoisotopic (exact) mass is 294 g/mol. The second kappa shape index (κ2) is 7.88. The lowest BCUT2D eigenvalue weighted by Gasteiger charge is -2.21. The summed E-state index contributed by atoms with van der Waals surface area (Å²) in [5, 5.41) is 11.6. The molecule has 0 aliphatic carbocycles. The molecule has 1 aromatic rings. The predicted molar refractivity (Wildman–Crippen MR) is 74.6 cm³/mol. The van der Waals surface area contributed by atoms with E-state index < -0.39 is 24.0 Å². The molecule has 0 bridgehead atoms. The van der Waals surface area contributed by atoms with E-state index in [1.807, 2.05) is 0 Å². The average Bonchev–Trinajstić information content (AvgIpc) is 2.49. The van der Waals surface area contributed by atoms with Crippen LogP contribution in [0.25, 0.3) is 0 Å². The first-order valence-corrected chi connectivity index (χ1v) is 6.32. The first kappa shape index (κ1) is 16.5. The summed E-state index contributed by atoms with van der Waals surface area (Å²) in [5.74, 6) is -1.59. The average molecular weight is 294 g/mol. The van der Waals surface area contributed by atoms with Crippen molar-refractivity contribution in [2.24, 2.45) is 0 Å². The fourth-order valence-electron chi connectivity index (χ4n) is 1.63. The zero-order valence-corrected chi connectivity index (χ0v) is 11.9. The second-order valence-corrected chi connectivity index (χ2v) is 4.38. The molecule has 0 aromatic heterocycles. The molecule has 1 aromatic carbocycles. The minimum absolute atomic E-state index is 0.0451. The fraction of sp³-hybridized carbons (Fsp3) is 0.357. The van der Waals surface area contributed by atoms with Gasteiger partial charge in [-0.3, -0.25) is 4.79 Å². The van der Waals surface area contributed by atoms with Crippen LogP contribution in [0, 0.1) is 0 Å². The molecule has 0 unspecified atom stereocenters. The lowest BCUT2D eigenvalue weighted by Crippen LogP contribution is -2.42. The molecule has 2 N–H and O–H groups in total. The molecular formula is C14H18N2O5. The minimum Gasteiger partial charge on any atom is -0.479 e. The third kappa shape index (κ3) is 5.13. The van der Waals surface area contributed by atoms with Crippen LogP contribution in [0.2, 0.25) is 0 Å². The number of amides is 2. The minimum atomic E-state index is -1.16. The summed E-state index contributed by atoms with van der Waals surface area (Å²) in [6.45, 7) is 0.139. The maximum Gasteiger partial charge on any atom is 0.330 e. The Balaban J connectivity index is 2.65. The Morgan fingerprint density at radius 3 is 2.43 bits per heavy atom. The normalized spacial score (nSPS) is 11.3. The van der Waals surface area contributed by atoms with Gasteiger partial charge in [0, 0.05) is 13.6 Å². The van der Waals surface area contributed by atoms with Gasteiger partial charge in [-0.05, 0) is 5.56 Å². The molecule has 7 heteroatoms. The number of nitrogens with one attached hydrogen (secondary N) is 1. The Morgan fingerprint density at radius 2 is 1.90 bits per heavy atom. The van der Waals surface area contributed by atoms with Crippen molar-refractivity contribution < 1.29 is 24.2 Å². The molecule has 1 atom stereocenters. The highest BCUT2D eigenvalue weighted by Crippen LogP contribution is 2.13. The van der Waals surface area contributed by atoms with Gasteiger partial charge < -0.3 is 20.1 Å². The van der Waals surface area contributed by atoms with Gasteiger partial charge in [-0.25, -0.2) is 9.59 Å². The lowest BCUT2D eigenvalue weighted by atomic mass is 10.1. The number of carboxylic acids is 1. The summed E-state index contributed by atoms with van der Waals surface area (Å²) >= 11 is 0. The molecule has 0 saturated carbocycles. The second-order valence-electron chi connectivity index (χ2n) is 4.38. The van der Waals surface area contributed by atoms with E-state index in [2.05, 4.69) is 10.1 Å². The first-order valence-electron chi connectivity index (χ1n) is 6.32. The predicted octanol–water partition coefficient (Wildman–Crippen LogP) is 1.02. The summed E-state index contributed by atoms with van der Waals surface area (Å²) in [7, 11) is 2.74. The van der Waals surface area contributed by atoms with Gasteiger partial charge in [-0.1, -0.05) is 30.3 Å². The number of carbonyl (C=O) groups is 3. The largest absolute Gasteiger partial charge is 0.479 e. The molecule has 21 heavy (non-hydrogen) atoms. The van der Waals surface area contributed by atoms with Crippen molar-refractivity contribution >= 4 is 18.0 Å². The van der Waals surface area contributed by atoms with E-state index in [4.69, 9.17) is 0 Å². The van der Waals surface area contributed by atoms with Crippen LogP contribution in [0.15, 0.2) is 30.3 Å². The highest BCUT2D eigenvalue weighted by Gasteiger charge is 2.23. The molecule has 0 spiro atoms. The third-order valence-electron chi connectivity index (χ3n) is 2.87. The quantitative estimate of drug-likeness (QED) is 0.764. The highest BCUT2D eigenvalue weighted by molar-refractivity contribution is 5.83. The zero-order chi connectivity index (χ0) is 15.8. The van der Waals surface area contributed by atoms with E-state index in [1.165, 1.54) is 19.1 Å². The number of rotatable bonds is 6. The SMILES string of the molecule is COC(=O)CCN(C)C(=O)N[C@H](C(=O)O)c1ccccc1. The van der Waals surface area contributed by atoms with Crippen molar-refractivity contribution in [1.29, 1.82) is 0 Å². The molecule has 114 valence electrons. The molecule has 0 saturated heterocycles. The maximum atomic E-state index is 11.9. The number of hydrogen-bond donors (Lipinski definition) is 2. The smallest absolute Gasteiger partial charge is 0.330 e. The Kier molecular flexibility index (Phi) is 6.19. The van der Waals surface area contributed by atoms with Gasteiger partial charge in [0.2, 0.25) is 0 Å². The van der Waals surface area contributed by atoms with Gasteiger partial charge in [0.15, 0.2) is 6.04 Å². The molecule has 0 aliphatic heterocycles. The summed E-state index contributed by atoms with van der Waals surface area (Å²) in [6, 6.07) is 6.67. The number of nitrogens with zero attached hydrogens (tertiary/aromatic N) is 1. The van der Waals surface area contributed by atoms with Gasteiger partial charge in [0.05, 0.1) is 13.5 Å². The number of ether oxygens (including phenoxy) is 1. The Labute approximate surface area is 122 Å². The van der Waals surface area contributed by atoms with Crippen molar-refractivity contribution in [3.05, 3.63) is 35.9 Å². The standard InChI is InChI=1S/C14H18N2O5/c1-16(9-8-11(17)21-2)14(20)15-12(13(18)19)10-6-4-3-5-7-10/h3-7,12H,8-9H2,1-2H3,(H,15,20)(H,18,19)/t12-/m0/s1. The Morgan fingerprint density at radius 1 is 1.29 bits per heavy atom. The van der Waals surface area contributed by atoms with E-state index in [-0.39, 0.29) is 13.0 Å². The van der Waals surface area contributed by atoms with E-state index >= 15 is 0 Å². The van der Waals surface area contributed by atoms with Crippen molar-refractivity contribution in [2.45, 2.75) is 12.5 Å². The molecular weight excluding hydrogens is 276 g/mol. The van der Waals surface area contributed by atoms with Gasteiger partial charge in [-0.15, -0.1) is 0 Å². The van der Waals surface area contributed by atoms with Crippen LogP contribution in [-0.4, -0.2) is 48.7 Å².